The molecule has 1 aliphatic carbocycles. The maximum atomic E-state index is 6.20. The smallest absolute Gasteiger partial charge is 0.0575 e. The summed E-state index contributed by atoms with van der Waals surface area (Å²) in [5.41, 5.74) is 5.41. The van der Waals surface area contributed by atoms with Crippen LogP contribution in [0.1, 0.15) is 63.5 Å². The van der Waals surface area contributed by atoms with E-state index in [2.05, 4.69) is 88.4 Å². The second kappa shape index (κ2) is 10.1. The summed E-state index contributed by atoms with van der Waals surface area (Å²) in [4.78, 5) is 0. The molecule has 28 heavy (non-hydrogen) atoms. The van der Waals surface area contributed by atoms with Crippen LogP contribution in [0.15, 0.2) is 60.7 Å². The first kappa shape index (κ1) is 20.9. The van der Waals surface area contributed by atoms with Crippen molar-refractivity contribution in [2.24, 2.45) is 11.8 Å². The standard InChI is InChI=1S/C27H36O/c1-20(2)5-6-22(4)19-28-27-17-15-26(16-18-27)25-13-11-24(12-14-25)23-9-7-21(3)8-10-23/h5-14,20,22,26-27H,15-19H2,1-4H3/b6-5-. The van der Waals surface area contributed by atoms with Gasteiger partial charge in [0.1, 0.15) is 0 Å². The first-order valence-electron chi connectivity index (χ1n) is 11.0. The van der Waals surface area contributed by atoms with Gasteiger partial charge in [0.15, 0.2) is 0 Å². The van der Waals surface area contributed by atoms with E-state index in [4.69, 9.17) is 4.74 Å². The van der Waals surface area contributed by atoms with Gasteiger partial charge in [0, 0.05) is 0 Å². The van der Waals surface area contributed by atoms with E-state index in [0.717, 1.165) is 6.61 Å². The summed E-state index contributed by atoms with van der Waals surface area (Å²) in [6.45, 7) is 9.68. The van der Waals surface area contributed by atoms with Gasteiger partial charge in [-0.2, -0.15) is 0 Å². The lowest BCUT2D eigenvalue weighted by molar-refractivity contribution is 0.0143. The monoisotopic (exact) mass is 376 g/mol. The molecule has 1 saturated carbocycles. The van der Waals surface area contributed by atoms with E-state index < -0.39 is 0 Å². The number of ether oxygens (including phenoxy) is 1. The quantitative estimate of drug-likeness (QED) is 0.453. The number of aryl methyl sites for hydroxylation is 1. The van der Waals surface area contributed by atoms with Crippen LogP contribution < -0.4 is 0 Å². The third kappa shape index (κ3) is 6.07. The zero-order chi connectivity index (χ0) is 19.9. The second-order valence-electron chi connectivity index (χ2n) is 8.90. The highest BCUT2D eigenvalue weighted by atomic mass is 16.5. The average Bonchev–Trinajstić information content (AvgIpc) is 2.72. The normalized spacial score (nSPS) is 21.3. The minimum Gasteiger partial charge on any atom is -0.378 e. The Hall–Kier alpha value is -1.86. The molecule has 0 spiro atoms. The molecule has 0 saturated heterocycles. The molecule has 1 atom stereocenters. The summed E-state index contributed by atoms with van der Waals surface area (Å²) in [6, 6.07) is 18.0. The maximum absolute atomic E-state index is 6.20. The molecule has 1 fully saturated rings. The first-order valence-corrected chi connectivity index (χ1v) is 11.0. The van der Waals surface area contributed by atoms with Crippen molar-refractivity contribution >= 4 is 0 Å². The van der Waals surface area contributed by atoms with Crippen molar-refractivity contribution in [1.82, 2.24) is 0 Å². The van der Waals surface area contributed by atoms with Crippen molar-refractivity contribution in [3.8, 4) is 11.1 Å². The fraction of sp³-hybridized carbons (Fsp3) is 0.481. The van der Waals surface area contributed by atoms with Crippen LogP contribution in [-0.2, 0) is 4.74 Å². The first-order chi connectivity index (χ1) is 13.5. The Labute approximate surface area is 171 Å². The molecule has 2 aromatic rings. The van der Waals surface area contributed by atoms with Crippen molar-refractivity contribution in [2.75, 3.05) is 6.61 Å². The predicted molar refractivity (Wildman–Crippen MR) is 121 cm³/mol. The van der Waals surface area contributed by atoms with Gasteiger partial charge >= 0.3 is 0 Å². The molecule has 3 rings (SSSR count). The molecule has 0 radical (unpaired) electrons. The van der Waals surface area contributed by atoms with E-state index in [1.165, 1.54) is 47.9 Å². The lowest BCUT2D eigenvalue weighted by Crippen LogP contribution is -2.22. The molecular formula is C27H36O. The molecule has 1 nitrogen and oxygen atoms in total. The Balaban J connectivity index is 1.47. The molecule has 2 aromatic carbocycles. The molecule has 0 N–H and O–H groups in total. The molecule has 1 aliphatic rings. The maximum Gasteiger partial charge on any atom is 0.0575 e. The predicted octanol–water partition coefficient (Wildman–Crippen LogP) is 7.55. The molecular weight excluding hydrogens is 340 g/mol. The zero-order valence-corrected chi connectivity index (χ0v) is 18.0. The molecule has 0 heterocycles. The Morgan fingerprint density at radius 2 is 1.39 bits per heavy atom. The number of allylic oxidation sites excluding steroid dienone is 1. The van der Waals surface area contributed by atoms with E-state index in [9.17, 15) is 0 Å². The molecule has 1 heteroatoms. The van der Waals surface area contributed by atoms with Crippen LogP contribution in [0.25, 0.3) is 11.1 Å². The van der Waals surface area contributed by atoms with Gasteiger partial charge in [-0.05, 0) is 67.1 Å². The Morgan fingerprint density at radius 1 is 0.821 bits per heavy atom. The molecule has 0 aromatic heterocycles. The molecule has 150 valence electrons. The van der Waals surface area contributed by atoms with Gasteiger partial charge in [0.05, 0.1) is 12.7 Å². The van der Waals surface area contributed by atoms with Crippen LogP contribution in [-0.4, -0.2) is 12.7 Å². The Kier molecular flexibility index (Phi) is 7.50. The Morgan fingerprint density at radius 3 is 1.96 bits per heavy atom. The summed E-state index contributed by atoms with van der Waals surface area (Å²) >= 11 is 0. The van der Waals surface area contributed by atoms with Gasteiger partial charge in [0.25, 0.3) is 0 Å². The summed E-state index contributed by atoms with van der Waals surface area (Å²) < 4.78 is 6.20. The van der Waals surface area contributed by atoms with Crippen molar-refractivity contribution in [1.29, 1.82) is 0 Å². The van der Waals surface area contributed by atoms with Crippen molar-refractivity contribution in [3.63, 3.8) is 0 Å². The van der Waals surface area contributed by atoms with Crippen LogP contribution in [0, 0.1) is 18.8 Å². The highest BCUT2D eigenvalue weighted by Gasteiger charge is 2.23. The summed E-state index contributed by atoms with van der Waals surface area (Å²) in [7, 11) is 0. The minimum absolute atomic E-state index is 0.443. The van der Waals surface area contributed by atoms with E-state index >= 15 is 0 Å². The van der Waals surface area contributed by atoms with Crippen LogP contribution >= 0.6 is 0 Å². The van der Waals surface area contributed by atoms with Crippen LogP contribution in [0.4, 0.5) is 0 Å². The van der Waals surface area contributed by atoms with Crippen LogP contribution in [0.2, 0.25) is 0 Å². The number of hydrogen-bond acceptors (Lipinski definition) is 1. The molecule has 1 unspecified atom stereocenters. The number of rotatable bonds is 7. The van der Waals surface area contributed by atoms with Crippen molar-refractivity contribution in [3.05, 3.63) is 71.8 Å². The zero-order valence-electron chi connectivity index (χ0n) is 18.0. The molecule has 0 aliphatic heterocycles. The largest absolute Gasteiger partial charge is 0.378 e. The second-order valence-corrected chi connectivity index (χ2v) is 8.90. The van der Waals surface area contributed by atoms with Crippen LogP contribution in [0.3, 0.4) is 0 Å². The van der Waals surface area contributed by atoms with E-state index in [1.54, 1.807) is 0 Å². The van der Waals surface area contributed by atoms with Gasteiger partial charge in [-0.1, -0.05) is 87.0 Å². The van der Waals surface area contributed by atoms with Gasteiger partial charge in [-0.15, -0.1) is 0 Å². The number of hydrogen-bond donors (Lipinski definition) is 0. The number of benzene rings is 2. The minimum atomic E-state index is 0.443. The fourth-order valence-electron chi connectivity index (χ4n) is 4.01. The van der Waals surface area contributed by atoms with Gasteiger partial charge in [-0.25, -0.2) is 0 Å². The SMILES string of the molecule is Cc1ccc(-c2ccc(C3CCC(OCC(C)/C=C\C(C)C)CC3)cc2)cc1. The summed E-state index contributed by atoms with van der Waals surface area (Å²) in [5.74, 6) is 1.81. The van der Waals surface area contributed by atoms with Gasteiger partial charge in [-0.3, -0.25) is 0 Å². The van der Waals surface area contributed by atoms with Gasteiger partial charge in [0.2, 0.25) is 0 Å². The summed E-state index contributed by atoms with van der Waals surface area (Å²) in [6.07, 6.45) is 9.88. The topological polar surface area (TPSA) is 9.23 Å². The van der Waals surface area contributed by atoms with E-state index in [-0.39, 0.29) is 0 Å². The molecule has 0 amide bonds. The van der Waals surface area contributed by atoms with E-state index in [1.807, 2.05) is 0 Å². The lowest BCUT2D eigenvalue weighted by atomic mass is 9.82. The van der Waals surface area contributed by atoms with Crippen molar-refractivity contribution in [2.45, 2.75) is 65.4 Å². The van der Waals surface area contributed by atoms with Crippen LogP contribution in [0.5, 0.6) is 0 Å². The third-order valence-corrected chi connectivity index (χ3v) is 5.86. The fourth-order valence-corrected chi connectivity index (χ4v) is 4.01. The average molecular weight is 377 g/mol. The highest BCUT2D eigenvalue weighted by Crippen LogP contribution is 2.35. The van der Waals surface area contributed by atoms with Crippen molar-refractivity contribution < 1.29 is 4.74 Å². The molecule has 0 bridgehead atoms. The van der Waals surface area contributed by atoms with Gasteiger partial charge < -0.3 is 4.74 Å². The summed E-state index contributed by atoms with van der Waals surface area (Å²) in [5, 5.41) is 0. The Bertz CT molecular complexity index is 731. The third-order valence-electron chi connectivity index (χ3n) is 5.86. The highest BCUT2D eigenvalue weighted by molar-refractivity contribution is 5.64. The van der Waals surface area contributed by atoms with E-state index in [0.29, 0.717) is 23.9 Å². The lowest BCUT2D eigenvalue weighted by Gasteiger charge is -2.29.